The maximum atomic E-state index is 11.9. The van der Waals surface area contributed by atoms with Gasteiger partial charge in [0.25, 0.3) is 0 Å². The molecule has 0 radical (unpaired) electrons. The van der Waals surface area contributed by atoms with Gasteiger partial charge >= 0.3 is 4.87 Å². The Hall–Kier alpha value is -1.10. The number of aromatic nitrogens is 1. The number of nitrogens with zero attached hydrogens (tertiary/aromatic N) is 1. The second-order valence-electron chi connectivity index (χ2n) is 6.12. The van der Waals surface area contributed by atoms with E-state index < -0.39 is 0 Å². The molecule has 0 saturated carbocycles. The summed E-state index contributed by atoms with van der Waals surface area (Å²) in [7, 11) is 0. The molecule has 3 nitrogen and oxygen atoms in total. The van der Waals surface area contributed by atoms with E-state index in [-0.39, 0.29) is 4.87 Å². The third-order valence-electron chi connectivity index (χ3n) is 4.56. The van der Waals surface area contributed by atoms with Gasteiger partial charge in [0.1, 0.15) is 0 Å². The number of H-pyrrole nitrogens is 1. The molecule has 2 heterocycles. The highest BCUT2D eigenvalue weighted by atomic mass is 35.5. The Morgan fingerprint density at radius 2 is 1.86 bits per heavy atom. The molecule has 2 atom stereocenters. The van der Waals surface area contributed by atoms with Crippen LogP contribution in [0.3, 0.4) is 0 Å². The first-order valence-corrected chi connectivity index (χ1v) is 8.97. The molecule has 118 valence electrons. The van der Waals surface area contributed by atoms with Crippen molar-refractivity contribution in [3.8, 4) is 11.3 Å². The normalized spacial score (nSPS) is 22.9. The maximum Gasteiger partial charge on any atom is 0.305 e. The number of nitrogens with one attached hydrogen (secondary N) is 1. The van der Waals surface area contributed by atoms with Gasteiger partial charge in [0, 0.05) is 28.5 Å². The van der Waals surface area contributed by atoms with E-state index in [1.54, 1.807) is 0 Å². The predicted octanol–water partition coefficient (Wildman–Crippen LogP) is 4.52. The van der Waals surface area contributed by atoms with Gasteiger partial charge in [-0.15, -0.1) is 0 Å². The van der Waals surface area contributed by atoms with Crippen LogP contribution >= 0.6 is 22.9 Å². The van der Waals surface area contributed by atoms with E-state index in [1.807, 2.05) is 24.3 Å². The Morgan fingerprint density at radius 1 is 1.23 bits per heavy atom. The number of hydrogen-bond acceptors (Lipinski definition) is 3. The smallest absolute Gasteiger partial charge is 0.305 e. The minimum absolute atomic E-state index is 0.0114. The quantitative estimate of drug-likeness (QED) is 0.894. The molecule has 0 amide bonds. The van der Waals surface area contributed by atoms with Crippen LogP contribution in [0.5, 0.6) is 0 Å². The van der Waals surface area contributed by atoms with Crippen molar-refractivity contribution in [2.75, 3.05) is 0 Å². The molecule has 2 aromatic rings. The Bertz CT molecular complexity index is 681. The van der Waals surface area contributed by atoms with Gasteiger partial charge < -0.3 is 4.98 Å². The molecule has 0 aliphatic carbocycles. The molecular formula is C17H21ClN2OS. The highest BCUT2D eigenvalue weighted by Gasteiger charge is 2.26. The van der Waals surface area contributed by atoms with Crippen LogP contribution in [-0.4, -0.2) is 22.0 Å². The predicted molar refractivity (Wildman–Crippen MR) is 93.7 cm³/mol. The lowest BCUT2D eigenvalue weighted by atomic mass is 9.97. The Morgan fingerprint density at radius 3 is 2.50 bits per heavy atom. The highest BCUT2D eigenvalue weighted by molar-refractivity contribution is 7.09. The molecule has 1 aliphatic heterocycles. The van der Waals surface area contributed by atoms with E-state index in [9.17, 15) is 4.79 Å². The average Bonchev–Trinajstić information content (AvgIpc) is 2.85. The number of rotatable bonds is 3. The van der Waals surface area contributed by atoms with E-state index in [1.165, 1.54) is 30.6 Å². The fraction of sp³-hybridized carbons (Fsp3) is 0.471. The third-order valence-corrected chi connectivity index (χ3v) is 5.68. The van der Waals surface area contributed by atoms with Crippen LogP contribution in [0.1, 0.15) is 38.0 Å². The first-order chi connectivity index (χ1) is 10.5. The van der Waals surface area contributed by atoms with Crippen molar-refractivity contribution in [3.63, 3.8) is 0 Å². The van der Waals surface area contributed by atoms with Crippen molar-refractivity contribution in [3.05, 3.63) is 43.8 Å². The summed E-state index contributed by atoms with van der Waals surface area (Å²) >= 11 is 7.29. The van der Waals surface area contributed by atoms with Gasteiger partial charge in [-0.2, -0.15) is 0 Å². The minimum Gasteiger partial charge on any atom is -0.312 e. The van der Waals surface area contributed by atoms with Gasteiger partial charge in [-0.25, -0.2) is 0 Å². The highest BCUT2D eigenvalue weighted by Crippen LogP contribution is 2.30. The fourth-order valence-electron chi connectivity index (χ4n) is 3.27. The van der Waals surface area contributed by atoms with Gasteiger partial charge in [0.15, 0.2) is 0 Å². The molecule has 1 aliphatic rings. The van der Waals surface area contributed by atoms with E-state index >= 15 is 0 Å². The molecule has 1 saturated heterocycles. The SMILES string of the molecule is CC1CCCC(C)N1Cc1sc(=O)[nH]c1-c1ccc(Cl)cc1. The molecule has 0 spiro atoms. The van der Waals surface area contributed by atoms with Gasteiger partial charge in [-0.3, -0.25) is 9.69 Å². The van der Waals surface area contributed by atoms with Gasteiger partial charge in [0.05, 0.1) is 5.69 Å². The molecule has 1 aromatic carbocycles. The van der Waals surface area contributed by atoms with Crippen molar-refractivity contribution in [2.24, 2.45) is 0 Å². The van der Waals surface area contributed by atoms with Crippen LogP contribution in [0.4, 0.5) is 0 Å². The lowest BCUT2D eigenvalue weighted by molar-refractivity contribution is 0.0965. The summed E-state index contributed by atoms with van der Waals surface area (Å²) in [6.45, 7) is 5.41. The second-order valence-corrected chi connectivity index (χ2v) is 7.63. The first-order valence-electron chi connectivity index (χ1n) is 7.78. The zero-order valence-corrected chi connectivity index (χ0v) is 14.5. The molecule has 5 heteroatoms. The summed E-state index contributed by atoms with van der Waals surface area (Å²) in [5.41, 5.74) is 1.96. The molecule has 3 rings (SSSR count). The Labute approximate surface area is 139 Å². The number of aromatic amines is 1. The van der Waals surface area contributed by atoms with E-state index in [4.69, 9.17) is 11.6 Å². The van der Waals surface area contributed by atoms with E-state index in [0.717, 1.165) is 22.7 Å². The second kappa shape index (κ2) is 6.57. The average molecular weight is 337 g/mol. The zero-order valence-electron chi connectivity index (χ0n) is 12.9. The molecule has 22 heavy (non-hydrogen) atoms. The molecular weight excluding hydrogens is 316 g/mol. The summed E-state index contributed by atoms with van der Waals surface area (Å²) in [6, 6.07) is 8.80. The number of benzene rings is 1. The van der Waals surface area contributed by atoms with Crippen molar-refractivity contribution in [1.82, 2.24) is 9.88 Å². The van der Waals surface area contributed by atoms with Crippen LogP contribution in [-0.2, 0) is 6.54 Å². The minimum atomic E-state index is 0.0114. The summed E-state index contributed by atoms with van der Waals surface area (Å²) in [5, 5.41) is 0.709. The number of hydrogen-bond donors (Lipinski definition) is 1. The van der Waals surface area contributed by atoms with Crippen molar-refractivity contribution in [1.29, 1.82) is 0 Å². The van der Waals surface area contributed by atoms with Gasteiger partial charge in [-0.1, -0.05) is 41.5 Å². The largest absolute Gasteiger partial charge is 0.312 e. The Kier molecular flexibility index (Phi) is 4.71. The topological polar surface area (TPSA) is 36.1 Å². The van der Waals surface area contributed by atoms with Gasteiger partial charge in [-0.05, 0) is 44.4 Å². The summed E-state index contributed by atoms with van der Waals surface area (Å²) in [6.07, 6.45) is 3.77. The Balaban J connectivity index is 1.91. The summed E-state index contributed by atoms with van der Waals surface area (Å²) in [4.78, 5) is 18.5. The molecule has 0 bridgehead atoms. The molecule has 1 N–H and O–H groups in total. The standard InChI is InChI=1S/C17H21ClN2OS/c1-11-4-3-5-12(2)20(11)10-15-16(19-17(21)22-15)13-6-8-14(18)9-7-13/h6-9,11-12H,3-5,10H2,1-2H3,(H,19,21). The van der Waals surface area contributed by atoms with Crippen LogP contribution in [0.25, 0.3) is 11.3 Å². The number of likely N-dealkylation sites (tertiary alicyclic amines) is 1. The fourth-order valence-corrected chi connectivity index (χ4v) is 4.26. The van der Waals surface area contributed by atoms with Crippen LogP contribution in [0, 0.1) is 0 Å². The first kappa shape index (κ1) is 15.8. The summed E-state index contributed by atoms with van der Waals surface area (Å²) < 4.78 is 0. The van der Waals surface area contributed by atoms with E-state index in [2.05, 4.69) is 23.7 Å². The number of piperidine rings is 1. The lowest BCUT2D eigenvalue weighted by Crippen LogP contribution is -2.42. The summed E-state index contributed by atoms with van der Waals surface area (Å²) in [5.74, 6) is 0. The zero-order chi connectivity index (χ0) is 15.7. The van der Waals surface area contributed by atoms with Crippen LogP contribution < -0.4 is 4.87 Å². The monoisotopic (exact) mass is 336 g/mol. The van der Waals surface area contributed by atoms with Crippen molar-refractivity contribution in [2.45, 2.75) is 51.7 Å². The lowest BCUT2D eigenvalue weighted by Gasteiger charge is -2.38. The van der Waals surface area contributed by atoms with E-state index in [0.29, 0.717) is 17.1 Å². The maximum absolute atomic E-state index is 11.9. The number of thiazole rings is 1. The number of halogens is 1. The van der Waals surface area contributed by atoms with Crippen LogP contribution in [0.15, 0.2) is 29.1 Å². The molecule has 2 unspecified atom stereocenters. The van der Waals surface area contributed by atoms with Crippen molar-refractivity contribution >= 4 is 22.9 Å². The van der Waals surface area contributed by atoms with Crippen molar-refractivity contribution < 1.29 is 0 Å². The molecule has 1 aromatic heterocycles. The van der Waals surface area contributed by atoms with Gasteiger partial charge in [0.2, 0.25) is 0 Å². The van der Waals surface area contributed by atoms with Crippen LogP contribution in [0.2, 0.25) is 5.02 Å². The third kappa shape index (κ3) is 3.29. The molecule has 1 fully saturated rings.